The number of carbonyl (C=O) groups excluding carboxylic acids is 1. The quantitative estimate of drug-likeness (QED) is 0.696. The molecule has 0 saturated carbocycles. The minimum Gasteiger partial charge on any atom is -0.496 e. The lowest BCUT2D eigenvalue weighted by Gasteiger charge is -2.31. The molecule has 2 aromatic rings. The van der Waals surface area contributed by atoms with Crippen molar-refractivity contribution < 1.29 is 17.9 Å². The molecule has 0 unspecified atom stereocenters. The molecule has 1 heterocycles. The van der Waals surface area contributed by atoms with E-state index in [1.54, 1.807) is 31.4 Å². The first-order chi connectivity index (χ1) is 14.3. The smallest absolute Gasteiger partial charge is 0.223 e. The second kappa shape index (κ2) is 9.81. The maximum atomic E-state index is 12.7. The summed E-state index contributed by atoms with van der Waals surface area (Å²) in [5, 5.41) is 3.61. The highest BCUT2D eigenvalue weighted by atomic mass is 35.5. The Hall–Kier alpha value is -2.09. The van der Waals surface area contributed by atoms with Gasteiger partial charge in [0.1, 0.15) is 5.75 Å². The second-order valence-corrected chi connectivity index (χ2v) is 9.93. The van der Waals surface area contributed by atoms with Crippen molar-refractivity contribution in [3.63, 3.8) is 0 Å². The summed E-state index contributed by atoms with van der Waals surface area (Å²) in [6, 6.07) is 14.2. The van der Waals surface area contributed by atoms with Gasteiger partial charge in [-0.2, -0.15) is 0 Å². The molecule has 3 rings (SSSR count). The molecule has 1 fully saturated rings. The van der Waals surface area contributed by atoms with E-state index in [4.69, 9.17) is 16.3 Å². The van der Waals surface area contributed by atoms with Gasteiger partial charge in [-0.25, -0.2) is 12.7 Å². The van der Waals surface area contributed by atoms with E-state index in [2.05, 4.69) is 5.32 Å². The molecule has 1 aliphatic heterocycles. The van der Waals surface area contributed by atoms with E-state index < -0.39 is 10.0 Å². The van der Waals surface area contributed by atoms with Crippen LogP contribution in [0.5, 0.6) is 5.75 Å². The van der Waals surface area contributed by atoms with Gasteiger partial charge < -0.3 is 10.1 Å². The zero-order valence-electron chi connectivity index (χ0n) is 17.2. The molecule has 1 aliphatic rings. The van der Waals surface area contributed by atoms with Gasteiger partial charge in [0, 0.05) is 29.6 Å². The molecule has 8 heteroatoms. The number of sulfonamides is 1. The van der Waals surface area contributed by atoms with Gasteiger partial charge >= 0.3 is 0 Å². The average molecular weight is 451 g/mol. The van der Waals surface area contributed by atoms with Gasteiger partial charge in [0.05, 0.1) is 18.9 Å². The van der Waals surface area contributed by atoms with Crippen molar-refractivity contribution in [1.29, 1.82) is 0 Å². The molecule has 2 aromatic carbocycles. The van der Waals surface area contributed by atoms with E-state index in [0.717, 1.165) is 11.3 Å². The van der Waals surface area contributed by atoms with Crippen molar-refractivity contribution in [1.82, 2.24) is 9.62 Å². The van der Waals surface area contributed by atoms with Gasteiger partial charge in [-0.3, -0.25) is 4.79 Å². The Morgan fingerprint density at radius 3 is 2.43 bits per heavy atom. The predicted octanol–water partition coefficient (Wildman–Crippen LogP) is 3.77. The molecule has 30 heavy (non-hydrogen) atoms. The monoisotopic (exact) mass is 450 g/mol. The number of hydrogen-bond donors (Lipinski definition) is 1. The number of nitrogens with zero attached hydrogens (tertiary/aromatic N) is 1. The van der Waals surface area contributed by atoms with E-state index in [0.29, 0.717) is 36.5 Å². The lowest BCUT2D eigenvalue weighted by molar-refractivity contribution is -0.126. The van der Waals surface area contributed by atoms with Crippen molar-refractivity contribution in [3.05, 3.63) is 64.7 Å². The van der Waals surface area contributed by atoms with Crippen LogP contribution in [0.4, 0.5) is 0 Å². The van der Waals surface area contributed by atoms with Gasteiger partial charge in [0.25, 0.3) is 0 Å². The summed E-state index contributed by atoms with van der Waals surface area (Å²) in [5.41, 5.74) is 1.61. The van der Waals surface area contributed by atoms with Crippen LogP contribution in [-0.2, 0) is 20.6 Å². The zero-order valence-corrected chi connectivity index (χ0v) is 18.7. The van der Waals surface area contributed by atoms with Crippen molar-refractivity contribution in [2.24, 2.45) is 5.92 Å². The molecule has 1 N–H and O–H groups in total. The van der Waals surface area contributed by atoms with E-state index in [9.17, 15) is 13.2 Å². The van der Waals surface area contributed by atoms with Crippen LogP contribution in [0.25, 0.3) is 0 Å². The van der Waals surface area contributed by atoms with E-state index in [1.807, 2.05) is 31.2 Å². The fourth-order valence-corrected chi connectivity index (χ4v) is 5.40. The van der Waals surface area contributed by atoms with Gasteiger partial charge in [-0.15, -0.1) is 0 Å². The molecule has 6 nitrogen and oxygen atoms in total. The van der Waals surface area contributed by atoms with Crippen LogP contribution in [0.1, 0.15) is 36.9 Å². The fourth-order valence-electron chi connectivity index (χ4n) is 3.71. The number of nitrogens with one attached hydrogen (secondary N) is 1. The van der Waals surface area contributed by atoms with E-state index in [1.165, 1.54) is 4.31 Å². The number of benzene rings is 2. The minimum absolute atomic E-state index is 0.0526. The first-order valence-corrected chi connectivity index (χ1v) is 11.9. The van der Waals surface area contributed by atoms with Crippen LogP contribution in [0.15, 0.2) is 48.5 Å². The number of piperidine rings is 1. The summed E-state index contributed by atoms with van der Waals surface area (Å²) in [6.07, 6.45) is 1.01. The molecular formula is C22H27ClN2O4S. The molecule has 0 spiro atoms. The number of carbonyl (C=O) groups is 1. The normalized spacial score (nSPS) is 16.8. The molecule has 0 aromatic heterocycles. The van der Waals surface area contributed by atoms with Gasteiger partial charge in [-0.05, 0) is 43.5 Å². The van der Waals surface area contributed by atoms with Crippen molar-refractivity contribution in [2.75, 3.05) is 20.2 Å². The Morgan fingerprint density at radius 1 is 1.17 bits per heavy atom. The summed E-state index contributed by atoms with van der Waals surface area (Å²) < 4.78 is 32.3. The van der Waals surface area contributed by atoms with Crippen LogP contribution in [-0.4, -0.2) is 38.8 Å². The van der Waals surface area contributed by atoms with Crippen LogP contribution in [0, 0.1) is 5.92 Å². The Kier molecular flexibility index (Phi) is 7.39. The van der Waals surface area contributed by atoms with Crippen LogP contribution in [0.3, 0.4) is 0 Å². The third-order valence-electron chi connectivity index (χ3n) is 5.44. The summed E-state index contributed by atoms with van der Waals surface area (Å²) in [6.45, 7) is 2.61. The maximum absolute atomic E-state index is 12.7. The molecule has 0 aliphatic carbocycles. The largest absolute Gasteiger partial charge is 0.496 e. The summed E-state index contributed by atoms with van der Waals surface area (Å²) in [7, 11) is -1.83. The third-order valence-corrected chi connectivity index (χ3v) is 7.55. The maximum Gasteiger partial charge on any atom is 0.223 e. The summed E-state index contributed by atoms with van der Waals surface area (Å²) in [5.74, 6) is 0.409. The summed E-state index contributed by atoms with van der Waals surface area (Å²) >= 11 is 5.86. The minimum atomic E-state index is -3.43. The number of ether oxygens (including phenoxy) is 1. The van der Waals surface area contributed by atoms with Crippen LogP contribution < -0.4 is 10.1 Å². The van der Waals surface area contributed by atoms with Gasteiger partial charge in [0.15, 0.2) is 0 Å². The number of amides is 1. The molecule has 1 amide bonds. The number of methoxy groups -OCH3 is 1. The topological polar surface area (TPSA) is 75.7 Å². The Balaban J connectivity index is 1.55. The molecule has 1 saturated heterocycles. The van der Waals surface area contributed by atoms with Crippen molar-refractivity contribution in [3.8, 4) is 5.75 Å². The Labute approximate surface area is 183 Å². The highest BCUT2D eigenvalue weighted by molar-refractivity contribution is 7.88. The fraction of sp³-hybridized carbons (Fsp3) is 0.409. The number of rotatable bonds is 7. The first-order valence-electron chi connectivity index (χ1n) is 9.95. The second-order valence-electron chi connectivity index (χ2n) is 7.53. The highest BCUT2D eigenvalue weighted by Gasteiger charge is 2.31. The van der Waals surface area contributed by atoms with Gasteiger partial charge in [0.2, 0.25) is 15.9 Å². The van der Waals surface area contributed by atoms with Gasteiger partial charge in [-0.1, -0.05) is 41.9 Å². The number of para-hydroxylation sites is 1. The molecule has 0 bridgehead atoms. The Morgan fingerprint density at radius 2 is 1.80 bits per heavy atom. The Bertz CT molecular complexity index is 971. The van der Waals surface area contributed by atoms with Crippen LogP contribution in [0.2, 0.25) is 5.02 Å². The summed E-state index contributed by atoms with van der Waals surface area (Å²) in [4.78, 5) is 12.7. The number of halogens is 1. The van der Waals surface area contributed by atoms with E-state index >= 15 is 0 Å². The predicted molar refractivity (Wildman–Crippen MR) is 118 cm³/mol. The zero-order chi connectivity index (χ0) is 21.7. The van der Waals surface area contributed by atoms with Crippen LogP contribution >= 0.6 is 11.6 Å². The SMILES string of the molecule is COc1ccccc1[C@H](C)NC(=O)C1CCN(S(=O)(=O)Cc2ccc(Cl)cc2)CC1. The molecule has 0 radical (unpaired) electrons. The third kappa shape index (κ3) is 5.53. The lowest BCUT2D eigenvalue weighted by atomic mass is 9.96. The van der Waals surface area contributed by atoms with Crippen molar-refractivity contribution >= 4 is 27.5 Å². The average Bonchev–Trinajstić information content (AvgIpc) is 2.75. The molecule has 162 valence electrons. The molecular weight excluding hydrogens is 424 g/mol. The number of hydrogen-bond acceptors (Lipinski definition) is 4. The lowest BCUT2D eigenvalue weighted by Crippen LogP contribution is -2.43. The highest BCUT2D eigenvalue weighted by Crippen LogP contribution is 2.26. The van der Waals surface area contributed by atoms with Crippen molar-refractivity contribution in [2.45, 2.75) is 31.6 Å². The standard InChI is InChI=1S/C22H27ClN2O4S/c1-16(20-5-3-4-6-21(20)29-2)24-22(26)18-11-13-25(14-12-18)30(27,28)15-17-7-9-19(23)10-8-17/h3-10,16,18H,11-15H2,1-2H3,(H,24,26)/t16-/m0/s1. The molecule has 1 atom stereocenters. The van der Waals surface area contributed by atoms with E-state index in [-0.39, 0.29) is 23.6 Å². The first kappa shape index (κ1) is 22.6.